The molecule has 7 heteroatoms. The molecular formula is C17H14ClNO5. The zero-order chi connectivity index (χ0) is 17.5. The van der Waals surface area contributed by atoms with Crippen LogP contribution in [0.2, 0.25) is 5.02 Å². The van der Waals surface area contributed by atoms with Crippen LogP contribution in [0.1, 0.15) is 20.7 Å². The fourth-order valence-electron chi connectivity index (χ4n) is 1.87. The van der Waals surface area contributed by atoms with Crippen molar-refractivity contribution in [1.82, 2.24) is 0 Å². The number of esters is 2. The third-order valence-electron chi connectivity index (χ3n) is 3.02. The molecule has 0 unspecified atom stereocenters. The largest absolute Gasteiger partial charge is 0.465 e. The van der Waals surface area contributed by atoms with E-state index in [4.69, 9.17) is 16.3 Å². The number of hydrogen-bond acceptors (Lipinski definition) is 5. The number of amides is 1. The van der Waals surface area contributed by atoms with Crippen molar-refractivity contribution in [1.29, 1.82) is 0 Å². The first kappa shape index (κ1) is 17.5. The van der Waals surface area contributed by atoms with Gasteiger partial charge in [-0.15, -0.1) is 0 Å². The van der Waals surface area contributed by atoms with Crippen molar-refractivity contribution >= 4 is 35.1 Å². The van der Waals surface area contributed by atoms with Crippen LogP contribution in [-0.4, -0.2) is 31.6 Å². The van der Waals surface area contributed by atoms with Gasteiger partial charge in [-0.25, -0.2) is 9.59 Å². The zero-order valence-electron chi connectivity index (χ0n) is 12.7. The lowest BCUT2D eigenvalue weighted by Crippen LogP contribution is -2.22. The van der Waals surface area contributed by atoms with Crippen molar-refractivity contribution < 1.29 is 23.9 Å². The van der Waals surface area contributed by atoms with Crippen molar-refractivity contribution in [2.45, 2.75) is 0 Å². The lowest BCUT2D eigenvalue weighted by molar-refractivity contribution is -0.119. The lowest BCUT2D eigenvalue weighted by atomic mass is 10.2. The van der Waals surface area contributed by atoms with Gasteiger partial charge in [-0.3, -0.25) is 4.79 Å². The van der Waals surface area contributed by atoms with Crippen LogP contribution in [-0.2, 0) is 14.3 Å². The number of methoxy groups -OCH3 is 1. The zero-order valence-corrected chi connectivity index (χ0v) is 13.5. The van der Waals surface area contributed by atoms with E-state index in [2.05, 4.69) is 10.1 Å². The molecule has 6 nitrogen and oxygen atoms in total. The molecule has 2 aromatic carbocycles. The summed E-state index contributed by atoms with van der Waals surface area (Å²) in [7, 11) is 1.24. The highest BCUT2D eigenvalue weighted by Crippen LogP contribution is 2.16. The van der Waals surface area contributed by atoms with Crippen molar-refractivity contribution in [3.05, 3.63) is 64.7 Å². The molecule has 0 atom stereocenters. The van der Waals surface area contributed by atoms with Gasteiger partial charge in [0.05, 0.1) is 23.9 Å². The van der Waals surface area contributed by atoms with Crippen molar-refractivity contribution in [3.63, 3.8) is 0 Å². The molecule has 0 heterocycles. The number of para-hydroxylation sites is 1. The van der Waals surface area contributed by atoms with Crippen molar-refractivity contribution in [2.24, 2.45) is 0 Å². The third-order valence-corrected chi connectivity index (χ3v) is 3.27. The van der Waals surface area contributed by atoms with Crippen LogP contribution < -0.4 is 5.32 Å². The minimum absolute atomic E-state index is 0.206. The number of nitrogens with one attached hydrogen (secondary N) is 1. The van der Waals surface area contributed by atoms with Crippen LogP contribution in [0.3, 0.4) is 0 Å². The van der Waals surface area contributed by atoms with Gasteiger partial charge in [0.15, 0.2) is 6.61 Å². The summed E-state index contributed by atoms with van der Waals surface area (Å²) < 4.78 is 9.56. The van der Waals surface area contributed by atoms with Gasteiger partial charge in [0.1, 0.15) is 0 Å². The van der Waals surface area contributed by atoms with Crippen molar-refractivity contribution in [2.75, 3.05) is 19.0 Å². The number of hydrogen-bond donors (Lipinski definition) is 1. The van der Waals surface area contributed by atoms with Gasteiger partial charge in [0, 0.05) is 5.02 Å². The van der Waals surface area contributed by atoms with Crippen LogP contribution in [0.4, 0.5) is 5.69 Å². The van der Waals surface area contributed by atoms with Crippen LogP contribution >= 0.6 is 11.6 Å². The third kappa shape index (κ3) is 4.57. The molecule has 0 bridgehead atoms. The molecule has 0 saturated carbocycles. The summed E-state index contributed by atoms with van der Waals surface area (Å²) in [5.74, 6) is -1.80. The molecule has 0 saturated heterocycles. The Morgan fingerprint density at radius 1 is 1.00 bits per heavy atom. The Labute approximate surface area is 143 Å². The summed E-state index contributed by atoms with van der Waals surface area (Å²) in [4.78, 5) is 35.3. The van der Waals surface area contributed by atoms with E-state index in [9.17, 15) is 14.4 Å². The molecule has 0 radical (unpaired) electrons. The van der Waals surface area contributed by atoms with Gasteiger partial charge in [-0.05, 0) is 36.4 Å². The van der Waals surface area contributed by atoms with Gasteiger partial charge in [0.2, 0.25) is 0 Å². The molecule has 1 amide bonds. The summed E-state index contributed by atoms with van der Waals surface area (Å²) in [6.45, 7) is -0.489. The molecule has 0 aliphatic carbocycles. The quantitative estimate of drug-likeness (QED) is 0.841. The van der Waals surface area contributed by atoms with E-state index in [1.807, 2.05) is 0 Å². The van der Waals surface area contributed by atoms with E-state index in [0.29, 0.717) is 5.02 Å². The second-order valence-corrected chi connectivity index (χ2v) is 5.10. The molecule has 0 spiro atoms. The number of rotatable bonds is 5. The molecule has 0 aromatic heterocycles. The van der Waals surface area contributed by atoms with E-state index >= 15 is 0 Å². The number of anilines is 1. The van der Waals surface area contributed by atoms with Crippen molar-refractivity contribution in [3.8, 4) is 0 Å². The number of carbonyl (C=O) groups excluding carboxylic acids is 3. The molecule has 0 aliphatic rings. The van der Waals surface area contributed by atoms with Crippen LogP contribution in [0.5, 0.6) is 0 Å². The highest BCUT2D eigenvalue weighted by molar-refractivity contribution is 6.30. The molecule has 2 aromatic rings. The lowest BCUT2D eigenvalue weighted by Gasteiger charge is -2.10. The van der Waals surface area contributed by atoms with E-state index in [1.54, 1.807) is 30.3 Å². The highest BCUT2D eigenvalue weighted by atomic mass is 35.5. The maximum Gasteiger partial charge on any atom is 0.339 e. The Morgan fingerprint density at radius 3 is 2.33 bits per heavy atom. The highest BCUT2D eigenvalue weighted by Gasteiger charge is 2.15. The van der Waals surface area contributed by atoms with E-state index in [1.165, 1.54) is 25.3 Å². The molecule has 2 rings (SSSR count). The van der Waals surface area contributed by atoms with E-state index in [0.717, 1.165) is 0 Å². The predicted molar refractivity (Wildman–Crippen MR) is 88.1 cm³/mol. The van der Waals surface area contributed by atoms with Gasteiger partial charge < -0.3 is 14.8 Å². The van der Waals surface area contributed by atoms with Crippen LogP contribution in [0, 0.1) is 0 Å². The maximum absolute atomic E-state index is 11.9. The minimum atomic E-state index is -0.650. The summed E-state index contributed by atoms with van der Waals surface area (Å²) in [6.07, 6.45) is 0. The predicted octanol–water partition coefficient (Wildman–Crippen LogP) is 2.92. The Kier molecular flexibility index (Phi) is 5.92. The number of halogens is 1. The van der Waals surface area contributed by atoms with E-state index in [-0.39, 0.29) is 16.8 Å². The first-order valence-corrected chi connectivity index (χ1v) is 7.29. The minimum Gasteiger partial charge on any atom is -0.465 e. The molecule has 24 heavy (non-hydrogen) atoms. The fraction of sp³-hybridized carbons (Fsp3) is 0.118. The normalized spacial score (nSPS) is 9.92. The summed E-state index contributed by atoms with van der Waals surface area (Å²) >= 11 is 5.73. The summed E-state index contributed by atoms with van der Waals surface area (Å²) in [5.41, 5.74) is 0.761. The standard InChI is InChI=1S/C17H14ClNO5/c1-23-17(22)13-4-2-3-5-14(13)19-15(20)10-24-16(21)11-6-8-12(18)9-7-11/h2-9H,10H2,1H3,(H,19,20). The van der Waals surface area contributed by atoms with Gasteiger partial charge in [-0.2, -0.15) is 0 Å². The Balaban J connectivity index is 1.95. The molecule has 0 aliphatic heterocycles. The van der Waals surface area contributed by atoms with Crippen LogP contribution in [0.15, 0.2) is 48.5 Å². The first-order chi connectivity index (χ1) is 11.5. The van der Waals surface area contributed by atoms with Gasteiger partial charge in [-0.1, -0.05) is 23.7 Å². The number of carbonyl (C=O) groups is 3. The Bertz CT molecular complexity index is 758. The molecule has 124 valence electrons. The van der Waals surface area contributed by atoms with E-state index < -0.39 is 24.5 Å². The van der Waals surface area contributed by atoms with Crippen LogP contribution in [0.25, 0.3) is 0 Å². The SMILES string of the molecule is COC(=O)c1ccccc1NC(=O)COC(=O)c1ccc(Cl)cc1. The average molecular weight is 348 g/mol. The Morgan fingerprint density at radius 2 is 1.67 bits per heavy atom. The number of benzene rings is 2. The summed E-state index contributed by atoms with van der Waals surface area (Å²) in [6, 6.07) is 12.4. The van der Waals surface area contributed by atoms with Gasteiger partial charge >= 0.3 is 11.9 Å². The molecule has 0 fully saturated rings. The average Bonchev–Trinajstić information content (AvgIpc) is 2.60. The fourth-order valence-corrected chi connectivity index (χ4v) is 1.99. The van der Waals surface area contributed by atoms with Gasteiger partial charge in [0.25, 0.3) is 5.91 Å². The first-order valence-electron chi connectivity index (χ1n) is 6.91. The molecule has 1 N–H and O–H groups in total. The molecular weight excluding hydrogens is 334 g/mol. The topological polar surface area (TPSA) is 81.7 Å². The summed E-state index contributed by atoms with van der Waals surface area (Å²) in [5, 5.41) is 2.99. The monoisotopic (exact) mass is 347 g/mol. The second-order valence-electron chi connectivity index (χ2n) is 4.67. The number of ether oxygens (including phenoxy) is 2. The smallest absolute Gasteiger partial charge is 0.339 e. The maximum atomic E-state index is 11.9. The second kappa shape index (κ2) is 8.12. The Hall–Kier alpha value is -2.86.